The van der Waals surface area contributed by atoms with E-state index in [0.717, 1.165) is 27.6 Å². The first kappa shape index (κ1) is 22.1. The number of aryl methyl sites for hydroxylation is 2. The van der Waals surface area contributed by atoms with Crippen LogP contribution in [0.2, 0.25) is 5.02 Å². The molecular weight excluding hydrogens is 427 g/mol. The molecule has 0 amide bonds. The van der Waals surface area contributed by atoms with Crippen molar-refractivity contribution in [3.05, 3.63) is 105 Å². The monoisotopic (exact) mass is 450 g/mol. The van der Waals surface area contributed by atoms with E-state index in [1.807, 2.05) is 32.0 Å². The van der Waals surface area contributed by atoms with Gasteiger partial charge >= 0.3 is 5.97 Å². The average molecular weight is 451 g/mol. The molecule has 0 atom stereocenters. The summed E-state index contributed by atoms with van der Waals surface area (Å²) in [7, 11) is 0. The van der Waals surface area contributed by atoms with Crippen molar-refractivity contribution in [2.75, 3.05) is 0 Å². The predicted molar refractivity (Wildman–Crippen MR) is 126 cm³/mol. The molecule has 0 aliphatic rings. The van der Waals surface area contributed by atoms with Crippen LogP contribution in [-0.2, 0) is 19.6 Å². The Morgan fingerprint density at radius 1 is 1.00 bits per heavy atom. The van der Waals surface area contributed by atoms with Gasteiger partial charge in [-0.15, -0.1) is 0 Å². The Hall–Kier alpha value is -3.15. The Labute approximate surface area is 191 Å². The number of rotatable bonds is 7. The zero-order valence-corrected chi connectivity index (χ0v) is 18.7. The number of fused-ring (bicyclic) bond motifs is 1. The Morgan fingerprint density at radius 2 is 1.72 bits per heavy atom. The molecule has 32 heavy (non-hydrogen) atoms. The lowest BCUT2D eigenvalue weighted by Crippen LogP contribution is -2.17. The van der Waals surface area contributed by atoms with Gasteiger partial charge in [-0.05, 0) is 48.7 Å². The number of aromatic nitrogens is 1. The largest absolute Gasteiger partial charge is 0.477 e. The number of hydrogen-bond donors (Lipinski definition) is 2. The molecule has 6 heteroatoms. The fraction of sp³-hybridized carbons (Fsp3) is 0.192. The van der Waals surface area contributed by atoms with E-state index in [1.165, 1.54) is 17.7 Å². The Morgan fingerprint density at radius 3 is 2.41 bits per heavy atom. The average Bonchev–Trinajstić information content (AvgIpc) is 3.04. The van der Waals surface area contributed by atoms with Crippen molar-refractivity contribution in [2.45, 2.75) is 33.5 Å². The summed E-state index contributed by atoms with van der Waals surface area (Å²) < 4.78 is 15.3. The van der Waals surface area contributed by atoms with Crippen LogP contribution in [0.15, 0.2) is 60.7 Å². The highest BCUT2D eigenvalue weighted by Gasteiger charge is 2.23. The van der Waals surface area contributed by atoms with Gasteiger partial charge < -0.3 is 15.0 Å². The molecule has 3 aromatic carbocycles. The standard InChI is InChI=1S/C26H24ClFN2O2/c1-16-3-6-18(7-4-16)13-29-14-22-21-10-5-17(2)11-24(21)30(25(22)26(31)32)15-19-8-9-20(28)12-23(19)27/h3-12,29H,13-15H2,1-2H3,(H,31,32). The van der Waals surface area contributed by atoms with Gasteiger partial charge in [-0.2, -0.15) is 0 Å². The van der Waals surface area contributed by atoms with Crippen LogP contribution in [0.1, 0.15) is 38.3 Å². The summed E-state index contributed by atoms with van der Waals surface area (Å²) in [5, 5.41) is 14.6. The van der Waals surface area contributed by atoms with E-state index in [2.05, 4.69) is 29.6 Å². The van der Waals surface area contributed by atoms with Crippen LogP contribution in [-0.4, -0.2) is 15.6 Å². The van der Waals surface area contributed by atoms with Crippen molar-refractivity contribution < 1.29 is 14.3 Å². The van der Waals surface area contributed by atoms with E-state index in [9.17, 15) is 14.3 Å². The second-order valence-corrected chi connectivity index (χ2v) is 8.47. The summed E-state index contributed by atoms with van der Waals surface area (Å²) in [6.07, 6.45) is 0. The molecule has 0 saturated carbocycles. The van der Waals surface area contributed by atoms with Crippen molar-refractivity contribution in [1.82, 2.24) is 9.88 Å². The molecule has 0 fully saturated rings. The molecule has 0 unspecified atom stereocenters. The summed E-state index contributed by atoms with van der Waals surface area (Å²) in [6, 6.07) is 18.3. The summed E-state index contributed by atoms with van der Waals surface area (Å²) in [6.45, 7) is 5.28. The highest BCUT2D eigenvalue weighted by Crippen LogP contribution is 2.30. The Balaban J connectivity index is 1.73. The van der Waals surface area contributed by atoms with E-state index in [1.54, 1.807) is 10.6 Å². The quantitative estimate of drug-likeness (QED) is 0.358. The van der Waals surface area contributed by atoms with Crippen molar-refractivity contribution in [3.8, 4) is 0 Å². The predicted octanol–water partition coefficient (Wildman–Crippen LogP) is 6.09. The van der Waals surface area contributed by atoms with Gasteiger partial charge in [-0.1, -0.05) is 59.6 Å². The summed E-state index contributed by atoms with van der Waals surface area (Å²) in [5.41, 5.74) is 5.76. The third-order valence-electron chi connectivity index (χ3n) is 5.62. The smallest absolute Gasteiger partial charge is 0.352 e. The maximum absolute atomic E-state index is 13.5. The molecule has 0 aliphatic heterocycles. The minimum atomic E-state index is -1.01. The van der Waals surface area contributed by atoms with Gasteiger partial charge in [0.2, 0.25) is 0 Å². The van der Waals surface area contributed by atoms with Crippen molar-refractivity contribution >= 4 is 28.5 Å². The summed E-state index contributed by atoms with van der Waals surface area (Å²) >= 11 is 6.25. The van der Waals surface area contributed by atoms with Crippen molar-refractivity contribution in [2.24, 2.45) is 0 Å². The highest BCUT2D eigenvalue weighted by atomic mass is 35.5. The van der Waals surface area contributed by atoms with Gasteiger partial charge in [0, 0.05) is 41.1 Å². The fourth-order valence-corrected chi connectivity index (χ4v) is 4.20. The van der Waals surface area contributed by atoms with Crippen molar-refractivity contribution in [3.63, 3.8) is 0 Å². The number of aromatic carboxylic acids is 1. The van der Waals surface area contributed by atoms with Gasteiger partial charge in [0.05, 0.1) is 0 Å². The molecule has 1 aromatic heterocycles. The number of benzene rings is 3. The van der Waals surface area contributed by atoms with Crippen LogP contribution in [0.4, 0.5) is 4.39 Å². The van der Waals surface area contributed by atoms with Gasteiger partial charge in [0.25, 0.3) is 0 Å². The van der Waals surface area contributed by atoms with Gasteiger partial charge in [-0.25, -0.2) is 9.18 Å². The maximum Gasteiger partial charge on any atom is 0.352 e. The minimum Gasteiger partial charge on any atom is -0.477 e. The van der Waals surface area contributed by atoms with Crippen LogP contribution in [0, 0.1) is 19.7 Å². The number of carbonyl (C=O) groups is 1. The number of nitrogens with one attached hydrogen (secondary N) is 1. The van der Waals surface area contributed by atoms with Crippen LogP contribution in [0.25, 0.3) is 10.9 Å². The lowest BCUT2D eigenvalue weighted by Gasteiger charge is -2.11. The third-order valence-corrected chi connectivity index (χ3v) is 5.97. The number of carboxylic acids is 1. The molecule has 4 rings (SSSR count). The third kappa shape index (κ3) is 4.54. The zero-order chi connectivity index (χ0) is 22.8. The second kappa shape index (κ2) is 9.15. The first-order valence-corrected chi connectivity index (χ1v) is 10.8. The zero-order valence-electron chi connectivity index (χ0n) is 18.0. The normalized spacial score (nSPS) is 11.2. The van der Waals surface area contributed by atoms with Gasteiger partial charge in [-0.3, -0.25) is 0 Å². The lowest BCUT2D eigenvalue weighted by atomic mass is 10.1. The molecule has 164 valence electrons. The number of nitrogens with zero attached hydrogens (tertiary/aromatic N) is 1. The summed E-state index contributed by atoms with van der Waals surface area (Å²) in [4.78, 5) is 12.4. The molecule has 0 radical (unpaired) electrons. The number of carboxylic acid groups (broad SMARTS) is 1. The topological polar surface area (TPSA) is 54.3 Å². The second-order valence-electron chi connectivity index (χ2n) is 8.06. The minimum absolute atomic E-state index is 0.211. The van der Waals surface area contributed by atoms with Gasteiger partial charge in [0.15, 0.2) is 0 Å². The molecule has 4 aromatic rings. The number of halogens is 2. The molecule has 1 heterocycles. The SMILES string of the molecule is Cc1ccc(CNCc2c(C(=O)O)n(Cc3ccc(F)cc3Cl)c3cc(C)ccc23)cc1. The van der Waals surface area contributed by atoms with E-state index in [0.29, 0.717) is 18.7 Å². The van der Waals surface area contributed by atoms with Crippen molar-refractivity contribution in [1.29, 1.82) is 0 Å². The molecule has 4 nitrogen and oxygen atoms in total. The lowest BCUT2D eigenvalue weighted by molar-refractivity contribution is 0.0684. The van der Waals surface area contributed by atoms with E-state index < -0.39 is 11.8 Å². The maximum atomic E-state index is 13.5. The first-order valence-electron chi connectivity index (χ1n) is 10.4. The molecule has 0 saturated heterocycles. The Kier molecular flexibility index (Phi) is 6.31. The van der Waals surface area contributed by atoms with Crippen LogP contribution < -0.4 is 5.32 Å². The van der Waals surface area contributed by atoms with Crippen LogP contribution in [0.5, 0.6) is 0 Å². The highest BCUT2D eigenvalue weighted by molar-refractivity contribution is 6.31. The molecular formula is C26H24ClFN2O2. The summed E-state index contributed by atoms with van der Waals surface area (Å²) in [5.74, 6) is -1.43. The Bertz CT molecular complexity index is 1300. The van der Waals surface area contributed by atoms with Crippen LogP contribution in [0.3, 0.4) is 0 Å². The molecule has 0 spiro atoms. The fourth-order valence-electron chi connectivity index (χ4n) is 3.98. The molecule has 2 N–H and O–H groups in total. The molecule has 0 bridgehead atoms. The van der Waals surface area contributed by atoms with E-state index in [4.69, 9.17) is 11.6 Å². The molecule has 0 aliphatic carbocycles. The first-order chi connectivity index (χ1) is 15.3. The van der Waals surface area contributed by atoms with Crippen LogP contribution >= 0.6 is 11.6 Å². The van der Waals surface area contributed by atoms with Gasteiger partial charge in [0.1, 0.15) is 11.5 Å². The van der Waals surface area contributed by atoms with E-state index >= 15 is 0 Å². The number of hydrogen-bond acceptors (Lipinski definition) is 2. The van der Waals surface area contributed by atoms with E-state index in [-0.39, 0.29) is 17.3 Å².